The molecule has 2 aromatic rings. The topological polar surface area (TPSA) is 108 Å². The van der Waals surface area contributed by atoms with E-state index in [-0.39, 0.29) is 16.9 Å². The Morgan fingerprint density at radius 1 is 1.15 bits per heavy atom. The van der Waals surface area contributed by atoms with E-state index >= 15 is 0 Å². The average molecular weight is 385 g/mol. The Bertz CT molecular complexity index is 942. The summed E-state index contributed by atoms with van der Waals surface area (Å²) in [7, 11) is -3.79. The lowest BCUT2D eigenvalue weighted by atomic mass is 10.2. The van der Waals surface area contributed by atoms with Crippen molar-refractivity contribution in [2.24, 2.45) is 0 Å². The van der Waals surface area contributed by atoms with Crippen molar-refractivity contribution in [1.29, 1.82) is 5.26 Å². The second-order valence-corrected chi connectivity index (χ2v) is 7.85. The van der Waals surface area contributed by atoms with E-state index in [1.165, 1.54) is 48.5 Å². The number of ether oxygens (including phenoxy) is 1. The van der Waals surface area contributed by atoms with Gasteiger partial charge in [-0.2, -0.15) is 5.26 Å². The van der Waals surface area contributed by atoms with E-state index < -0.39 is 10.0 Å². The van der Waals surface area contributed by atoms with Crippen LogP contribution in [0.25, 0.3) is 0 Å². The molecule has 1 atom stereocenters. The molecule has 0 saturated carbocycles. The minimum absolute atomic E-state index is 0.0440. The molecule has 0 radical (unpaired) electrons. The molecule has 0 spiro atoms. The zero-order valence-corrected chi connectivity index (χ0v) is 15.3. The van der Waals surface area contributed by atoms with Gasteiger partial charge in [-0.25, -0.2) is 8.42 Å². The van der Waals surface area contributed by atoms with E-state index in [1.54, 1.807) is 0 Å². The zero-order valence-electron chi connectivity index (χ0n) is 14.5. The van der Waals surface area contributed by atoms with E-state index in [2.05, 4.69) is 10.0 Å². The average Bonchev–Trinajstić information content (AvgIpc) is 3.20. The Morgan fingerprint density at radius 2 is 1.85 bits per heavy atom. The fourth-order valence-corrected chi connectivity index (χ4v) is 3.78. The summed E-state index contributed by atoms with van der Waals surface area (Å²) in [5, 5.41) is 11.6. The molecule has 2 aromatic carbocycles. The number of carbonyl (C=O) groups is 1. The van der Waals surface area contributed by atoms with Gasteiger partial charge in [0.1, 0.15) is 0 Å². The van der Waals surface area contributed by atoms with Crippen LogP contribution in [0.5, 0.6) is 0 Å². The first-order valence-corrected chi connectivity index (χ1v) is 9.99. The van der Waals surface area contributed by atoms with Crippen molar-refractivity contribution < 1.29 is 17.9 Å². The monoisotopic (exact) mass is 385 g/mol. The third-order valence-electron chi connectivity index (χ3n) is 4.21. The molecule has 1 heterocycles. The number of benzene rings is 2. The van der Waals surface area contributed by atoms with Gasteiger partial charge in [-0.15, -0.1) is 0 Å². The molecule has 1 saturated heterocycles. The summed E-state index contributed by atoms with van der Waals surface area (Å²) in [6, 6.07) is 13.8. The first kappa shape index (κ1) is 18.9. The van der Waals surface area contributed by atoms with Gasteiger partial charge < -0.3 is 10.1 Å². The SMILES string of the molecule is N#Cc1ccc(NS(=O)(=O)c2ccc(C(=O)NCC3CCCO3)cc2)cc1. The molecule has 2 N–H and O–H groups in total. The quantitative estimate of drug-likeness (QED) is 0.793. The summed E-state index contributed by atoms with van der Waals surface area (Å²) in [6.45, 7) is 1.17. The number of hydrogen-bond donors (Lipinski definition) is 2. The van der Waals surface area contributed by atoms with Crippen LogP contribution in [-0.4, -0.2) is 33.6 Å². The summed E-state index contributed by atoms with van der Waals surface area (Å²) >= 11 is 0. The Hall–Kier alpha value is -2.89. The molecule has 0 aromatic heterocycles. The van der Waals surface area contributed by atoms with E-state index in [9.17, 15) is 13.2 Å². The minimum Gasteiger partial charge on any atom is -0.376 e. The number of hydrogen-bond acceptors (Lipinski definition) is 5. The molecule has 1 aliphatic heterocycles. The number of nitrogens with zero attached hydrogens (tertiary/aromatic N) is 1. The number of carbonyl (C=O) groups excluding carboxylic acids is 1. The summed E-state index contributed by atoms with van der Waals surface area (Å²) in [4.78, 5) is 12.2. The molecular weight excluding hydrogens is 366 g/mol. The molecule has 0 aliphatic carbocycles. The van der Waals surface area contributed by atoms with Crippen molar-refractivity contribution in [3.8, 4) is 6.07 Å². The summed E-state index contributed by atoms with van der Waals surface area (Å²) in [5.74, 6) is -0.269. The molecular formula is C19H19N3O4S. The van der Waals surface area contributed by atoms with Crippen molar-refractivity contribution in [2.45, 2.75) is 23.8 Å². The molecule has 140 valence electrons. The standard InChI is InChI=1S/C19H19N3O4S/c20-12-14-3-7-16(8-4-14)22-27(24,25)18-9-5-15(6-10-18)19(23)21-13-17-2-1-11-26-17/h3-10,17,22H,1-2,11,13H2,(H,21,23). The maximum Gasteiger partial charge on any atom is 0.261 e. The number of amides is 1. The second-order valence-electron chi connectivity index (χ2n) is 6.16. The van der Waals surface area contributed by atoms with Gasteiger partial charge in [0.15, 0.2) is 0 Å². The second kappa shape index (κ2) is 8.20. The Morgan fingerprint density at radius 3 is 2.44 bits per heavy atom. The van der Waals surface area contributed by atoms with Crippen molar-refractivity contribution in [3.05, 3.63) is 59.7 Å². The highest BCUT2D eigenvalue weighted by Gasteiger charge is 2.18. The minimum atomic E-state index is -3.79. The highest BCUT2D eigenvalue weighted by molar-refractivity contribution is 7.92. The lowest BCUT2D eigenvalue weighted by Gasteiger charge is -2.11. The van der Waals surface area contributed by atoms with Crippen LogP contribution in [0.2, 0.25) is 0 Å². The highest BCUT2D eigenvalue weighted by atomic mass is 32.2. The molecule has 8 heteroatoms. The molecule has 1 fully saturated rings. The van der Waals surface area contributed by atoms with Gasteiger partial charge in [-0.05, 0) is 61.4 Å². The molecule has 0 bridgehead atoms. The van der Waals surface area contributed by atoms with Gasteiger partial charge in [0.25, 0.3) is 15.9 Å². The van der Waals surface area contributed by atoms with E-state index in [1.807, 2.05) is 6.07 Å². The molecule has 7 nitrogen and oxygen atoms in total. The number of nitriles is 1. The van der Waals surface area contributed by atoms with Crippen LogP contribution in [0.4, 0.5) is 5.69 Å². The fraction of sp³-hybridized carbons (Fsp3) is 0.263. The third-order valence-corrected chi connectivity index (χ3v) is 5.60. The number of sulfonamides is 1. The van der Waals surface area contributed by atoms with Gasteiger partial charge in [0, 0.05) is 24.4 Å². The van der Waals surface area contributed by atoms with Crippen molar-refractivity contribution >= 4 is 21.6 Å². The molecule has 1 amide bonds. The Balaban J connectivity index is 1.64. The van der Waals surface area contributed by atoms with Gasteiger partial charge in [-0.1, -0.05) is 0 Å². The number of rotatable bonds is 6. The largest absolute Gasteiger partial charge is 0.376 e. The number of nitrogens with one attached hydrogen (secondary N) is 2. The Kier molecular flexibility index (Phi) is 5.74. The molecule has 3 rings (SSSR count). The lowest BCUT2D eigenvalue weighted by molar-refractivity contribution is 0.0857. The van der Waals surface area contributed by atoms with E-state index in [4.69, 9.17) is 10.00 Å². The zero-order chi connectivity index (χ0) is 19.3. The first-order chi connectivity index (χ1) is 13.0. The third kappa shape index (κ3) is 4.84. The summed E-state index contributed by atoms with van der Waals surface area (Å²) in [6.07, 6.45) is 1.97. The molecule has 1 unspecified atom stereocenters. The fourth-order valence-electron chi connectivity index (χ4n) is 2.73. The van der Waals surface area contributed by atoms with Gasteiger partial charge in [0.05, 0.1) is 22.6 Å². The normalized spacial score (nSPS) is 16.5. The van der Waals surface area contributed by atoms with Crippen molar-refractivity contribution in [2.75, 3.05) is 17.9 Å². The Labute approximate surface area is 158 Å². The van der Waals surface area contributed by atoms with Crippen LogP contribution in [0.3, 0.4) is 0 Å². The van der Waals surface area contributed by atoms with Crippen LogP contribution < -0.4 is 10.0 Å². The first-order valence-electron chi connectivity index (χ1n) is 8.51. The van der Waals surface area contributed by atoms with Crippen LogP contribution in [0.1, 0.15) is 28.8 Å². The summed E-state index contributed by atoms with van der Waals surface area (Å²) in [5.41, 5.74) is 1.18. The van der Waals surface area contributed by atoms with Crippen molar-refractivity contribution in [1.82, 2.24) is 5.32 Å². The van der Waals surface area contributed by atoms with Crippen LogP contribution in [-0.2, 0) is 14.8 Å². The smallest absolute Gasteiger partial charge is 0.261 e. The maximum atomic E-state index is 12.4. The van der Waals surface area contributed by atoms with Gasteiger partial charge in [-0.3, -0.25) is 9.52 Å². The number of anilines is 1. The lowest BCUT2D eigenvalue weighted by Crippen LogP contribution is -2.31. The van der Waals surface area contributed by atoms with Crippen LogP contribution >= 0.6 is 0 Å². The van der Waals surface area contributed by atoms with E-state index in [0.717, 1.165) is 19.4 Å². The van der Waals surface area contributed by atoms with Gasteiger partial charge >= 0.3 is 0 Å². The molecule has 1 aliphatic rings. The summed E-state index contributed by atoms with van der Waals surface area (Å²) < 4.78 is 32.8. The van der Waals surface area contributed by atoms with E-state index in [0.29, 0.717) is 23.4 Å². The van der Waals surface area contributed by atoms with Crippen LogP contribution in [0.15, 0.2) is 53.4 Å². The predicted octanol–water partition coefficient (Wildman–Crippen LogP) is 2.27. The van der Waals surface area contributed by atoms with Crippen molar-refractivity contribution in [3.63, 3.8) is 0 Å². The highest BCUT2D eigenvalue weighted by Crippen LogP contribution is 2.17. The van der Waals surface area contributed by atoms with Crippen LogP contribution in [0, 0.1) is 11.3 Å². The predicted molar refractivity (Wildman–Crippen MR) is 99.7 cm³/mol. The van der Waals surface area contributed by atoms with Gasteiger partial charge in [0.2, 0.25) is 0 Å². The molecule has 27 heavy (non-hydrogen) atoms. The maximum absolute atomic E-state index is 12.4.